The van der Waals surface area contributed by atoms with E-state index in [0.717, 1.165) is 0 Å². The van der Waals surface area contributed by atoms with E-state index in [1.54, 1.807) is 0 Å². The molecule has 86 valence electrons. The van der Waals surface area contributed by atoms with Crippen LogP contribution in [0.2, 0.25) is 10.0 Å². The van der Waals surface area contributed by atoms with Crippen molar-refractivity contribution in [2.45, 2.75) is 0 Å². The summed E-state index contributed by atoms with van der Waals surface area (Å²) in [5, 5.41) is 3.93. The van der Waals surface area contributed by atoms with Crippen LogP contribution in [0.3, 0.4) is 0 Å². The maximum Gasteiger partial charge on any atom is 0.347 e. The van der Waals surface area contributed by atoms with Gasteiger partial charge in [-0.1, -0.05) is 23.2 Å². The molecule has 0 spiro atoms. The van der Waals surface area contributed by atoms with Gasteiger partial charge in [-0.2, -0.15) is 0 Å². The first-order valence-electron chi connectivity index (χ1n) is 4.27. The average molecular weight is 262 g/mol. The van der Waals surface area contributed by atoms with E-state index in [4.69, 9.17) is 23.2 Å². The zero-order valence-corrected chi connectivity index (χ0v) is 10.2. The number of nitrogens with zero attached hydrogens (tertiary/aromatic N) is 3. The van der Waals surface area contributed by atoms with E-state index in [1.807, 2.05) is 0 Å². The highest BCUT2D eigenvalue weighted by Crippen LogP contribution is 2.27. The first kappa shape index (κ1) is 12.7. The van der Waals surface area contributed by atoms with E-state index in [0.29, 0.717) is 10.0 Å². The van der Waals surface area contributed by atoms with Gasteiger partial charge in [0.1, 0.15) is 0 Å². The molecular weight excluding hydrogens is 253 g/mol. The number of halogens is 2. The molecule has 0 fully saturated rings. The van der Waals surface area contributed by atoms with Crippen LogP contribution in [0.15, 0.2) is 23.5 Å². The third-order valence-electron chi connectivity index (χ3n) is 1.79. The number of carbonyl (C=O) groups excluding carboxylic acids is 1. The number of hydrogen-bond acceptors (Lipinski definition) is 3. The van der Waals surface area contributed by atoms with Crippen molar-refractivity contribution in [1.82, 2.24) is 4.90 Å². The molecule has 2 amide bonds. The number of hydrogen-bond donors (Lipinski definition) is 0. The molecule has 0 saturated carbocycles. The molecular formula is C9H9Cl2N3O2. The fraction of sp³-hybridized carbons (Fsp3) is 0.222. The molecule has 0 aliphatic heterocycles. The van der Waals surface area contributed by atoms with Crippen molar-refractivity contribution in [2.24, 2.45) is 5.29 Å². The maximum atomic E-state index is 11.6. The number of benzene rings is 1. The van der Waals surface area contributed by atoms with Gasteiger partial charge in [0.05, 0.1) is 21.0 Å². The summed E-state index contributed by atoms with van der Waals surface area (Å²) in [7, 11) is 3.02. The Morgan fingerprint density at radius 1 is 1.25 bits per heavy atom. The lowest BCUT2D eigenvalue weighted by Crippen LogP contribution is -2.35. The van der Waals surface area contributed by atoms with Crippen LogP contribution < -0.4 is 5.01 Å². The van der Waals surface area contributed by atoms with Gasteiger partial charge in [-0.3, -0.25) is 0 Å². The molecule has 0 N–H and O–H groups in total. The van der Waals surface area contributed by atoms with Gasteiger partial charge in [0.25, 0.3) is 0 Å². The van der Waals surface area contributed by atoms with Gasteiger partial charge >= 0.3 is 6.03 Å². The minimum absolute atomic E-state index is 0.249. The summed E-state index contributed by atoms with van der Waals surface area (Å²) in [6.45, 7) is 0. The second-order valence-corrected chi connectivity index (χ2v) is 3.98. The van der Waals surface area contributed by atoms with E-state index in [-0.39, 0.29) is 10.7 Å². The van der Waals surface area contributed by atoms with Crippen molar-refractivity contribution < 1.29 is 4.79 Å². The fourth-order valence-corrected chi connectivity index (χ4v) is 1.29. The third kappa shape index (κ3) is 2.62. The lowest BCUT2D eigenvalue weighted by Gasteiger charge is -2.18. The molecule has 7 heteroatoms. The summed E-state index contributed by atoms with van der Waals surface area (Å²) in [4.78, 5) is 23.4. The average Bonchev–Trinajstić information content (AvgIpc) is 2.24. The SMILES string of the molecule is CN(C)C(=O)N(N=O)c1ccc(Cl)c(Cl)c1. The number of carbonyl (C=O) groups is 1. The van der Waals surface area contributed by atoms with Gasteiger partial charge in [-0.05, 0) is 18.2 Å². The number of anilines is 1. The number of amides is 2. The molecule has 0 aliphatic carbocycles. The van der Waals surface area contributed by atoms with Crippen LogP contribution in [0.1, 0.15) is 0 Å². The molecule has 1 aromatic rings. The van der Waals surface area contributed by atoms with Gasteiger partial charge in [-0.25, -0.2) is 4.79 Å². The van der Waals surface area contributed by atoms with Crippen molar-refractivity contribution in [3.63, 3.8) is 0 Å². The van der Waals surface area contributed by atoms with E-state index >= 15 is 0 Å². The molecule has 5 nitrogen and oxygen atoms in total. The summed E-state index contributed by atoms with van der Waals surface area (Å²) < 4.78 is 0. The molecule has 0 radical (unpaired) electrons. The van der Waals surface area contributed by atoms with Gasteiger partial charge in [0, 0.05) is 14.1 Å². The molecule has 16 heavy (non-hydrogen) atoms. The van der Waals surface area contributed by atoms with E-state index in [1.165, 1.54) is 37.2 Å². The lowest BCUT2D eigenvalue weighted by molar-refractivity contribution is 0.224. The van der Waals surface area contributed by atoms with Crippen LogP contribution in [0.5, 0.6) is 0 Å². The Hall–Kier alpha value is -1.33. The Morgan fingerprint density at radius 3 is 2.31 bits per heavy atom. The normalized spacial score (nSPS) is 9.75. The molecule has 0 aliphatic rings. The quantitative estimate of drug-likeness (QED) is 0.607. The van der Waals surface area contributed by atoms with Gasteiger partial charge in [0.15, 0.2) is 0 Å². The summed E-state index contributed by atoms with van der Waals surface area (Å²) in [6.07, 6.45) is 0. The molecule has 0 unspecified atom stereocenters. The topological polar surface area (TPSA) is 53.0 Å². The summed E-state index contributed by atoms with van der Waals surface area (Å²) >= 11 is 11.5. The third-order valence-corrected chi connectivity index (χ3v) is 2.53. The Bertz CT molecular complexity index is 423. The van der Waals surface area contributed by atoms with Gasteiger partial charge < -0.3 is 4.90 Å². The maximum absolute atomic E-state index is 11.6. The Morgan fingerprint density at radius 2 is 1.88 bits per heavy atom. The summed E-state index contributed by atoms with van der Waals surface area (Å²) in [5.74, 6) is 0. The van der Waals surface area contributed by atoms with E-state index in [9.17, 15) is 9.70 Å². The first-order valence-corrected chi connectivity index (χ1v) is 5.02. The largest absolute Gasteiger partial charge is 0.347 e. The zero-order valence-electron chi connectivity index (χ0n) is 8.65. The van der Waals surface area contributed by atoms with Crippen molar-refractivity contribution in [2.75, 3.05) is 19.1 Å². The Kier molecular flexibility index (Phi) is 4.09. The standard InChI is InChI=1S/C9H9Cl2N3O2/c1-13(2)9(15)14(12-16)6-3-4-7(10)8(11)5-6/h3-5H,1-2H3. The van der Waals surface area contributed by atoms with Crippen LogP contribution in [0, 0.1) is 4.91 Å². The van der Waals surface area contributed by atoms with E-state index in [2.05, 4.69) is 5.29 Å². The van der Waals surface area contributed by atoms with Crippen LogP contribution in [0.4, 0.5) is 10.5 Å². The predicted octanol–water partition coefficient (Wildman–Crippen LogP) is 3.16. The number of urea groups is 1. The Balaban J connectivity index is 3.09. The smallest absolute Gasteiger partial charge is 0.329 e. The van der Waals surface area contributed by atoms with Gasteiger partial charge in [0.2, 0.25) is 0 Å². The Labute approximate surface area is 102 Å². The van der Waals surface area contributed by atoms with Crippen LogP contribution in [0.25, 0.3) is 0 Å². The molecule has 0 aromatic heterocycles. The van der Waals surface area contributed by atoms with Crippen molar-refractivity contribution in [3.8, 4) is 0 Å². The van der Waals surface area contributed by atoms with Gasteiger partial charge in [-0.15, -0.1) is 9.92 Å². The van der Waals surface area contributed by atoms with Crippen LogP contribution >= 0.6 is 23.2 Å². The second-order valence-electron chi connectivity index (χ2n) is 3.17. The zero-order chi connectivity index (χ0) is 12.3. The second kappa shape index (κ2) is 5.14. The first-order chi connectivity index (χ1) is 7.47. The molecule has 0 heterocycles. The molecule has 0 saturated heterocycles. The molecule has 1 aromatic carbocycles. The van der Waals surface area contributed by atoms with Crippen molar-refractivity contribution in [3.05, 3.63) is 33.2 Å². The highest BCUT2D eigenvalue weighted by atomic mass is 35.5. The lowest BCUT2D eigenvalue weighted by atomic mass is 10.3. The highest BCUT2D eigenvalue weighted by Gasteiger charge is 2.19. The molecule has 0 atom stereocenters. The van der Waals surface area contributed by atoms with Crippen LogP contribution in [-0.4, -0.2) is 25.0 Å². The summed E-state index contributed by atoms with van der Waals surface area (Å²) in [5.41, 5.74) is 0.267. The van der Waals surface area contributed by atoms with Crippen molar-refractivity contribution >= 4 is 34.9 Å². The molecule has 0 bridgehead atoms. The minimum atomic E-state index is -0.562. The summed E-state index contributed by atoms with van der Waals surface area (Å²) in [6, 6.07) is 3.80. The van der Waals surface area contributed by atoms with Crippen LogP contribution in [-0.2, 0) is 0 Å². The monoisotopic (exact) mass is 261 g/mol. The number of rotatable bonds is 2. The number of nitroso groups, excluding NO2 is 1. The van der Waals surface area contributed by atoms with Crippen molar-refractivity contribution in [1.29, 1.82) is 0 Å². The minimum Gasteiger partial charge on any atom is -0.329 e. The fourth-order valence-electron chi connectivity index (χ4n) is 0.999. The molecule has 1 rings (SSSR count). The predicted molar refractivity (Wildman–Crippen MR) is 63.8 cm³/mol. The van der Waals surface area contributed by atoms with E-state index < -0.39 is 6.03 Å². The highest BCUT2D eigenvalue weighted by molar-refractivity contribution is 6.42.